The van der Waals surface area contributed by atoms with Crippen molar-refractivity contribution < 1.29 is 13.6 Å². The number of carbonyl (C=O) groups is 1. The minimum atomic E-state index is -0.721. The molecule has 0 aliphatic heterocycles. The molecule has 1 aliphatic carbocycles. The van der Waals surface area contributed by atoms with Crippen LogP contribution >= 0.6 is 0 Å². The Balaban J connectivity index is 2.14. The first-order valence-corrected chi connectivity index (χ1v) is 6.72. The van der Waals surface area contributed by atoms with Gasteiger partial charge < -0.3 is 4.90 Å². The fourth-order valence-electron chi connectivity index (χ4n) is 2.67. The smallest absolute Gasteiger partial charge is 0.228 e. The Kier molecular flexibility index (Phi) is 4.67. The van der Waals surface area contributed by atoms with Crippen molar-refractivity contribution >= 4 is 5.91 Å². The van der Waals surface area contributed by atoms with E-state index in [0.717, 1.165) is 37.8 Å². The van der Waals surface area contributed by atoms with E-state index in [1.165, 1.54) is 11.0 Å². The molecule has 106 valence electrons. The number of benzene rings is 1. The second-order valence-electron chi connectivity index (χ2n) is 5.00. The normalized spacial score (nSPS) is 15.1. The number of hydrogen-bond donors (Lipinski definition) is 0. The van der Waals surface area contributed by atoms with Gasteiger partial charge in [0.1, 0.15) is 18.2 Å². The highest BCUT2D eigenvalue weighted by atomic mass is 19.1. The van der Waals surface area contributed by atoms with Crippen LogP contribution in [0, 0.1) is 23.0 Å². The summed E-state index contributed by atoms with van der Waals surface area (Å²) >= 11 is 0. The molecule has 1 amide bonds. The number of halogens is 2. The highest BCUT2D eigenvalue weighted by molar-refractivity contribution is 5.79. The molecule has 1 saturated carbocycles. The summed E-state index contributed by atoms with van der Waals surface area (Å²) in [7, 11) is 0. The van der Waals surface area contributed by atoms with Gasteiger partial charge in [-0.05, 0) is 25.0 Å². The molecule has 3 nitrogen and oxygen atoms in total. The lowest BCUT2D eigenvalue weighted by Gasteiger charge is -2.26. The van der Waals surface area contributed by atoms with E-state index in [1.807, 2.05) is 6.07 Å². The maximum Gasteiger partial charge on any atom is 0.228 e. The van der Waals surface area contributed by atoms with Crippen molar-refractivity contribution in [1.82, 2.24) is 4.90 Å². The largest absolute Gasteiger partial charge is 0.326 e. The van der Waals surface area contributed by atoms with Gasteiger partial charge in [0, 0.05) is 11.6 Å². The summed E-state index contributed by atoms with van der Waals surface area (Å²) in [6, 6.07) is 5.52. The van der Waals surface area contributed by atoms with Gasteiger partial charge in [0.05, 0.1) is 12.5 Å². The van der Waals surface area contributed by atoms with E-state index in [-0.39, 0.29) is 30.5 Å². The zero-order valence-corrected chi connectivity index (χ0v) is 11.1. The molecule has 2 rings (SSSR count). The minimum absolute atomic E-state index is 0.0250. The summed E-state index contributed by atoms with van der Waals surface area (Å²) in [5.41, 5.74) is -0.224. The third kappa shape index (κ3) is 3.13. The molecule has 0 heterocycles. The average Bonchev–Trinajstić information content (AvgIpc) is 2.94. The molecule has 1 fully saturated rings. The Morgan fingerprint density at radius 1 is 1.30 bits per heavy atom. The van der Waals surface area contributed by atoms with Crippen molar-refractivity contribution in [2.75, 3.05) is 6.54 Å². The van der Waals surface area contributed by atoms with Crippen LogP contribution < -0.4 is 0 Å². The monoisotopic (exact) mass is 278 g/mol. The first kappa shape index (κ1) is 14.4. The van der Waals surface area contributed by atoms with Crippen LogP contribution in [0.3, 0.4) is 0 Å². The van der Waals surface area contributed by atoms with E-state index in [1.54, 1.807) is 0 Å². The van der Waals surface area contributed by atoms with Crippen LogP contribution in [-0.4, -0.2) is 23.4 Å². The van der Waals surface area contributed by atoms with Gasteiger partial charge in [0.2, 0.25) is 5.91 Å². The summed E-state index contributed by atoms with van der Waals surface area (Å²) in [6.07, 6.45) is 3.42. The van der Waals surface area contributed by atoms with E-state index in [2.05, 4.69) is 0 Å². The van der Waals surface area contributed by atoms with Crippen LogP contribution in [0.5, 0.6) is 0 Å². The molecule has 1 aromatic carbocycles. The van der Waals surface area contributed by atoms with Crippen LogP contribution in [0.25, 0.3) is 0 Å². The fourth-order valence-corrected chi connectivity index (χ4v) is 2.67. The molecule has 0 bridgehead atoms. The van der Waals surface area contributed by atoms with E-state index >= 15 is 0 Å². The standard InChI is InChI=1S/C15H16F2N2O/c16-13-6-3-7-14(17)12(13)10-15(20)19(9-8-18)11-4-1-2-5-11/h3,6-7,11H,1-2,4-5,9-10H2. The third-order valence-electron chi connectivity index (χ3n) is 3.72. The molecule has 0 atom stereocenters. The average molecular weight is 278 g/mol. The minimum Gasteiger partial charge on any atom is -0.326 e. The number of nitriles is 1. The predicted molar refractivity (Wildman–Crippen MR) is 69.6 cm³/mol. The van der Waals surface area contributed by atoms with Crippen LogP contribution in [0.2, 0.25) is 0 Å². The van der Waals surface area contributed by atoms with Crippen molar-refractivity contribution in [2.24, 2.45) is 0 Å². The Morgan fingerprint density at radius 3 is 2.45 bits per heavy atom. The van der Waals surface area contributed by atoms with Crippen molar-refractivity contribution in [1.29, 1.82) is 5.26 Å². The number of carbonyl (C=O) groups excluding carboxylic acids is 1. The first-order valence-electron chi connectivity index (χ1n) is 6.72. The Labute approximate surface area is 116 Å². The number of amides is 1. The molecule has 20 heavy (non-hydrogen) atoms. The fraction of sp³-hybridized carbons (Fsp3) is 0.467. The quantitative estimate of drug-likeness (QED) is 0.795. The molecule has 0 unspecified atom stereocenters. The molecule has 1 aromatic rings. The molecule has 0 radical (unpaired) electrons. The van der Waals surface area contributed by atoms with Gasteiger partial charge in [0.15, 0.2) is 0 Å². The van der Waals surface area contributed by atoms with Crippen LogP contribution in [0.4, 0.5) is 8.78 Å². The Morgan fingerprint density at radius 2 is 1.90 bits per heavy atom. The van der Waals surface area contributed by atoms with Gasteiger partial charge in [-0.15, -0.1) is 0 Å². The number of hydrogen-bond acceptors (Lipinski definition) is 2. The zero-order valence-electron chi connectivity index (χ0n) is 11.1. The van der Waals surface area contributed by atoms with E-state index in [9.17, 15) is 13.6 Å². The molecule has 0 aromatic heterocycles. The number of rotatable bonds is 4. The highest BCUT2D eigenvalue weighted by Gasteiger charge is 2.27. The summed E-state index contributed by atoms with van der Waals surface area (Å²) in [5.74, 6) is -1.83. The summed E-state index contributed by atoms with van der Waals surface area (Å²) in [6.45, 7) is -0.0282. The summed E-state index contributed by atoms with van der Waals surface area (Å²) in [5, 5.41) is 8.83. The van der Waals surface area contributed by atoms with E-state index in [0.29, 0.717) is 0 Å². The van der Waals surface area contributed by atoms with Gasteiger partial charge in [-0.25, -0.2) is 8.78 Å². The van der Waals surface area contributed by atoms with Crippen molar-refractivity contribution in [3.8, 4) is 6.07 Å². The van der Waals surface area contributed by atoms with Gasteiger partial charge in [0.25, 0.3) is 0 Å². The molecule has 5 heteroatoms. The second kappa shape index (κ2) is 6.47. The third-order valence-corrected chi connectivity index (χ3v) is 3.72. The first-order chi connectivity index (χ1) is 9.63. The Bertz CT molecular complexity index is 513. The van der Waals surface area contributed by atoms with Gasteiger partial charge >= 0.3 is 0 Å². The zero-order chi connectivity index (χ0) is 14.5. The summed E-state index contributed by atoms with van der Waals surface area (Å²) in [4.78, 5) is 13.7. The predicted octanol–water partition coefficient (Wildman–Crippen LogP) is 2.80. The lowest BCUT2D eigenvalue weighted by atomic mass is 10.1. The molecule has 0 spiro atoms. The molecular weight excluding hydrogens is 262 g/mol. The maximum absolute atomic E-state index is 13.6. The molecular formula is C15H16F2N2O. The highest BCUT2D eigenvalue weighted by Crippen LogP contribution is 2.24. The van der Waals surface area contributed by atoms with Crippen molar-refractivity contribution in [2.45, 2.75) is 38.1 Å². The molecule has 0 saturated heterocycles. The van der Waals surface area contributed by atoms with E-state index in [4.69, 9.17) is 5.26 Å². The SMILES string of the molecule is N#CCN(C(=O)Cc1c(F)cccc1F)C1CCCC1. The van der Waals surface area contributed by atoms with E-state index < -0.39 is 11.6 Å². The van der Waals surface area contributed by atoms with Gasteiger partial charge in [-0.1, -0.05) is 18.9 Å². The van der Waals surface area contributed by atoms with Crippen molar-refractivity contribution in [3.63, 3.8) is 0 Å². The van der Waals surface area contributed by atoms with Crippen LogP contribution in [0.15, 0.2) is 18.2 Å². The van der Waals surface area contributed by atoms with Crippen molar-refractivity contribution in [3.05, 3.63) is 35.4 Å². The molecule has 0 N–H and O–H groups in total. The molecule has 1 aliphatic rings. The van der Waals surface area contributed by atoms with Gasteiger partial charge in [-0.2, -0.15) is 5.26 Å². The van der Waals surface area contributed by atoms with Crippen LogP contribution in [0.1, 0.15) is 31.2 Å². The maximum atomic E-state index is 13.6. The van der Waals surface area contributed by atoms with Gasteiger partial charge in [-0.3, -0.25) is 4.79 Å². The lowest BCUT2D eigenvalue weighted by Crippen LogP contribution is -2.40. The lowest BCUT2D eigenvalue weighted by molar-refractivity contribution is -0.132. The second-order valence-corrected chi connectivity index (χ2v) is 5.00. The summed E-state index contributed by atoms with van der Waals surface area (Å²) < 4.78 is 27.1. The number of nitrogens with zero attached hydrogens (tertiary/aromatic N) is 2. The Hall–Kier alpha value is -1.96. The van der Waals surface area contributed by atoms with Crippen LogP contribution in [-0.2, 0) is 11.2 Å². The topological polar surface area (TPSA) is 44.1 Å².